The predicted molar refractivity (Wildman–Crippen MR) is 85.4 cm³/mol. The summed E-state index contributed by atoms with van der Waals surface area (Å²) in [6.07, 6.45) is 1.85. The minimum atomic E-state index is 0.167. The van der Waals surface area contributed by atoms with Crippen LogP contribution in [0.25, 0.3) is 0 Å². The van der Waals surface area contributed by atoms with E-state index >= 15 is 0 Å². The largest absolute Gasteiger partial charge is 0.302 e. The van der Waals surface area contributed by atoms with Crippen molar-refractivity contribution in [1.82, 2.24) is 4.90 Å². The molecule has 1 aliphatic carbocycles. The summed E-state index contributed by atoms with van der Waals surface area (Å²) in [5.41, 5.74) is 3.48. The molecule has 21 heavy (non-hydrogen) atoms. The Hall–Kier alpha value is -1.93. The lowest BCUT2D eigenvalue weighted by Gasteiger charge is -2.18. The van der Waals surface area contributed by atoms with Gasteiger partial charge < -0.3 is 4.90 Å². The van der Waals surface area contributed by atoms with Gasteiger partial charge in [0.1, 0.15) is 0 Å². The summed E-state index contributed by atoms with van der Waals surface area (Å²) in [6.45, 7) is 1.90. The van der Waals surface area contributed by atoms with Gasteiger partial charge in [0.2, 0.25) is 0 Å². The van der Waals surface area contributed by atoms with E-state index in [0.29, 0.717) is 5.78 Å². The Bertz CT molecular complexity index is 620. The summed E-state index contributed by atoms with van der Waals surface area (Å²) in [4.78, 5) is 14.6. The highest BCUT2D eigenvalue weighted by Crippen LogP contribution is 2.28. The standard InChI is InChI=1S/C19H21NO/c1-20(14-15-7-3-2-4-8-15)12-11-17-13-16-9-5-6-10-18(16)19(17)21/h2-10,17H,11-14H2,1H3/t17-/m0/s1. The van der Waals surface area contributed by atoms with Crippen LogP contribution in [0, 0.1) is 5.92 Å². The van der Waals surface area contributed by atoms with Gasteiger partial charge in [-0.25, -0.2) is 0 Å². The number of Topliss-reactive ketones (excluding diaryl/α,β-unsaturated/α-hetero) is 1. The van der Waals surface area contributed by atoms with Gasteiger partial charge in [0.05, 0.1) is 0 Å². The van der Waals surface area contributed by atoms with E-state index < -0.39 is 0 Å². The SMILES string of the molecule is CN(CC[C@H]1Cc2ccccc2C1=O)Cc1ccccc1. The minimum absolute atomic E-state index is 0.167. The van der Waals surface area contributed by atoms with Crippen LogP contribution in [0.5, 0.6) is 0 Å². The van der Waals surface area contributed by atoms with E-state index in [0.717, 1.165) is 31.5 Å². The first-order chi connectivity index (χ1) is 10.2. The lowest BCUT2D eigenvalue weighted by Crippen LogP contribution is -2.23. The second-order valence-corrected chi connectivity index (χ2v) is 5.93. The molecule has 2 heteroatoms. The second-order valence-electron chi connectivity index (χ2n) is 5.93. The Balaban J connectivity index is 1.54. The van der Waals surface area contributed by atoms with Crippen molar-refractivity contribution in [2.24, 2.45) is 5.92 Å². The molecule has 1 atom stereocenters. The zero-order chi connectivity index (χ0) is 14.7. The molecule has 2 aromatic rings. The number of carbonyl (C=O) groups is 1. The molecule has 0 saturated carbocycles. The number of hydrogen-bond acceptors (Lipinski definition) is 2. The Labute approximate surface area is 126 Å². The molecule has 0 aliphatic heterocycles. The molecular formula is C19H21NO. The van der Waals surface area contributed by atoms with Crippen molar-refractivity contribution in [1.29, 1.82) is 0 Å². The highest BCUT2D eigenvalue weighted by atomic mass is 16.1. The topological polar surface area (TPSA) is 20.3 Å². The van der Waals surface area contributed by atoms with Gasteiger partial charge in [-0.3, -0.25) is 4.79 Å². The van der Waals surface area contributed by atoms with Crippen LogP contribution in [0.1, 0.15) is 27.9 Å². The number of ketones is 1. The number of fused-ring (bicyclic) bond motifs is 1. The average Bonchev–Trinajstić information content (AvgIpc) is 2.83. The Morgan fingerprint density at radius 1 is 1.05 bits per heavy atom. The number of benzene rings is 2. The van der Waals surface area contributed by atoms with Gasteiger partial charge in [-0.15, -0.1) is 0 Å². The third-order valence-electron chi connectivity index (χ3n) is 4.27. The summed E-state index contributed by atoms with van der Waals surface area (Å²) in [6, 6.07) is 18.5. The van der Waals surface area contributed by atoms with E-state index in [4.69, 9.17) is 0 Å². The number of hydrogen-bond donors (Lipinski definition) is 0. The molecule has 0 fully saturated rings. The van der Waals surface area contributed by atoms with Crippen LogP contribution in [0.15, 0.2) is 54.6 Å². The van der Waals surface area contributed by atoms with Gasteiger partial charge in [-0.05, 0) is 37.6 Å². The Morgan fingerprint density at radius 3 is 2.52 bits per heavy atom. The lowest BCUT2D eigenvalue weighted by atomic mass is 10.0. The maximum Gasteiger partial charge on any atom is 0.166 e. The molecule has 2 nitrogen and oxygen atoms in total. The summed E-state index contributed by atoms with van der Waals surface area (Å²) in [7, 11) is 2.12. The molecule has 108 valence electrons. The number of rotatable bonds is 5. The van der Waals surface area contributed by atoms with Crippen molar-refractivity contribution in [3.63, 3.8) is 0 Å². The summed E-state index contributed by atoms with van der Waals surface area (Å²) in [5.74, 6) is 0.499. The fourth-order valence-electron chi connectivity index (χ4n) is 3.10. The van der Waals surface area contributed by atoms with Gasteiger partial charge in [0.15, 0.2) is 5.78 Å². The van der Waals surface area contributed by atoms with Crippen molar-refractivity contribution in [2.75, 3.05) is 13.6 Å². The molecule has 0 N–H and O–H groups in total. The van der Waals surface area contributed by atoms with Crippen LogP contribution < -0.4 is 0 Å². The lowest BCUT2D eigenvalue weighted by molar-refractivity contribution is 0.0923. The smallest absolute Gasteiger partial charge is 0.166 e. The molecular weight excluding hydrogens is 258 g/mol. The summed E-state index contributed by atoms with van der Waals surface area (Å²) < 4.78 is 0. The average molecular weight is 279 g/mol. The van der Waals surface area contributed by atoms with Crippen LogP contribution in [-0.4, -0.2) is 24.3 Å². The first kappa shape index (κ1) is 14.0. The molecule has 0 heterocycles. The number of carbonyl (C=O) groups excluding carboxylic acids is 1. The highest BCUT2D eigenvalue weighted by molar-refractivity contribution is 6.02. The molecule has 0 amide bonds. The zero-order valence-electron chi connectivity index (χ0n) is 12.5. The highest BCUT2D eigenvalue weighted by Gasteiger charge is 2.29. The van der Waals surface area contributed by atoms with Gasteiger partial charge in [-0.1, -0.05) is 54.6 Å². The third-order valence-corrected chi connectivity index (χ3v) is 4.27. The third kappa shape index (κ3) is 3.22. The fraction of sp³-hybridized carbons (Fsp3) is 0.316. The van der Waals surface area contributed by atoms with Gasteiger partial charge >= 0.3 is 0 Å². The van der Waals surface area contributed by atoms with E-state index in [1.807, 2.05) is 24.3 Å². The van der Waals surface area contributed by atoms with Crippen molar-refractivity contribution < 1.29 is 4.79 Å². The van der Waals surface area contributed by atoms with Crippen LogP contribution in [0.4, 0.5) is 0 Å². The van der Waals surface area contributed by atoms with E-state index in [2.05, 4.69) is 42.3 Å². The first-order valence-electron chi connectivity index (χ1n) is 7.58. The normalized spacial score (nSPS) is 17.2. The van der Waals surface area contributed by atoms with Gasteiger partial charge in [-0.2, -0.15) is 0 Å². The maximum absolute atomic E-state index is 12.3. The molecule has 0 aromatic heterocycles. The first-order valence-corrected chi connectivity index (χ1v) is 7.58. The molecule has 1 aliphatic rings. The Morgan fingerprint density at radius 2 is 1.76 bits per heavy atom. The number of nitrogens with zero attached hydrogens (tertiary/aromatic N) is 1. The quantitative estimate of drug-likeness (QED) is 0.834. The van der Waals surface area contributed by atoms with E-state index in [1.54, 1.807) is 0 Å². The van der Waals surface area contributed by atoms with Crippen molar-refractivity contribution in [3.8, 4) is 0 Å². The van der Waals surface area contributed by atoms with E-state index in [1.165, 1.54) is 11.1 Å². The molecule has 0 spiro atoms. The second kappa shape index (κ2) is 6.23. The van der Waals surface area contributed by atoms with Crippen molar-refractivity contribution >= 4 is 5.78 Å². The monoisotopic (exact) mass is 279 g/mol. The van der Waals surface area contributed by atoms with E-state index in [-0.39, 0.29) is 5.92 Å². The van der Waals surface area contributed by atoms with Crippen LogP contribution >= 0.6 is 0 Å². The summed E-state index contributed by atoms with van der Waals surface area (Å²) in [5, 5.41) is 0. The van der Waals surface area contributed by atoms with Crippen molar-refractivity contribution in [2.45, 2.75) is 19.4 Å². The van der Waals surface area contributed by atoms with Gasteiger partial charge in [0, 0.05) is 18.0 Å². The molecule has 0 radical (unpaired) electrons. The Kier molecular flexibility index (Phi) is 4.16. The van der Waals surface area contributed by atoms with Gasteiger partial charge in [0.25, 0.3) is 0 Å². The van der Waals surface area contributed by atoms with Crippen LogP contribution in [-0.2, 0) is 13.0 Å². The molecule has 3 rings (SSSR count). The van der Waals surface area contributed by atoms with E-state index in [9.17, 15) is 4.79 Å². The fourth-order valence-corrected chi connectivity index (χ4v) is 3.10. The molecule has 0 bridgehead atoms. The molecule has 2 aromatic carbocycles. The summed E-state index contributed by atoms with van der Waals surface area (Å²) >= 11 is 0. The van der Waals surface area contributed by atoms with Crippen molar-refractivity contribution in [3.05, 3.63) is 71.3 Å². The minimum Gasteiger partial charge on any atom is -0.302 e. The zero-order valence-corrected chi connectivity index (χ0v) is 12.5. The van der Waals surface area contributed by atoms with Crippen LogP contribution in [0.2, 0.25) is 0 Å². The van der Waals surface area contributed by atoms with Crippen LogP contribution in [0.3, 0.4) is 0 Å². The maximum atomic E-state index is 12.3. The molecule has 0 unspecified atom stereocenters. The predicted octanol–water partition coefficient (Wildman–Crippen LogP) is 3.56. The molecule has 0 saturated heterocycles.